The molecule has 2 aromatic rings. The SMILES string of the molecule is NCC(Nc1ccc(F)c(Cl)c1)c1cccs1. The molecule has 1 aromatic heterocycles. The van der Waals surface area contributed by atoms with E-state index < -0.39 is 5.82 Å². The molecular weight excluding hydrogens is 259 g/mol. The first-order valence-electron chi connectivity index (χ1n) is 5.16. The molecule has 0 aliphatic rings. The van der Waals surface area contributed by atoms with Gasteiger partial charge in [-0.1, -0.05) is 17.7 Å². The second-order valence-electron chi connectivity index (χ2n) is 3.58. The van der Waals surface area contributed by atoms with E-state index in [1.54, 1.807) is 23.5 Å². The maximum atomic E-state index is 13.0. The number of hydrogen-bond acceptors (Lipinski definition) is 3. The molecule has 2 nitrogen and oxygen atoms in total. The smallest absolute Gasteiger partial charge is 0.141 e. The van der Waals surface area contributed by atoms with Crippen LogP contribution >= 0.6 is 22.9 Å². The summed E-state index contributed by atoms with van der Waals surface area (Å²) >= 11 is 7.35. The molecule has 0 aliphatic carbocycles. The third-order valence-corrected chi connectivity index (χ3v) is 3.66. The molecule has 0 amide bonds. The second kappa shape index (κ2) is 5.49. The van der Waals surface area contributed by atoms with Crippen LogP contribution in [0.1, 0.15) is 10.9 Å². The molecule has 5 heteroatoms. The molecule has 90 valence electrons. The molecule has 3 N–H and O–H groups in total. The van der Waals surface area contributed by atoms with Crippen LogP contribution in [0, 0.1) is 5.82 Å². The van der Waals surface area contributed by atoms with Crippen LogP contribution in [0.5, 0.6) is 0 Å². The number of nitrogens with two attached hydrogens (primary N) is 1. The van der Waals surface area contributed by atoms with Crippen LogP contribution in [-0.2, 0) is 0 Å². The summed E-state index contributed by atoms with van der Waals surface area (Å²) in [6.45, 7) is 0.468. The van der Waals surface area contributed by atoms with Gasteiger partial charge in [0.05, 0.1) is 11.1 Å². The molecule has 0 spiro atoms. The van der Waals surface area contributed by atoms with Gasteiger partial charge in [0.25, 0.3) is 0 Å². The Morgan fingerprint density at radius 2 is 2.24 bits per heavy atom. The van der Waals surface area contributed by atoms with Gasteiger partial charge in [0.1, 0.15) is 5.82 Å². The van der Waals surface area contributed by atoms with Crippen molar-refractivity contribution in [1.29, 1.82) is 0 Å². The van der Waals surface area contributed by atoms with Gasteiger partial charge in [-0.2, -0.15) is 0 Å². The van der Waals surface area contributed by atoms with Gasteiger partial charge in [0.2, 0.25) is 0 Å². The van der Waals surface area contributed by atoms with Gasteiger partial charge in [-0.3, -0.25) is 0 Å². The minimum absolute atomic E-state index is 0.0246. The predicted molar refractivity (Wildman–Crippen MR) is 71.1 cm³/mol. The molecule has 2 rings (SSSR count). The van der Waals surface area contributed by atoms with Crippen molar-refractivity contribution in [3.05, 3.63) is 51.4 Å². The van der Waals surface area contributed by atoms with Crippen molar-refractivity contribution in [3.63, 3.8) is 0 Å². The summed E-state index contributed by atoms with van der Waals surface area (Å²) in [5.74, 6) is -0.419. The van der Waals surface area contributed by atoms with Crippen molar-refractivity contribution in [3.8, 4) is 0 Å². The lowest BCUT2D eigenvalue weighted by Crippen LogP contribution is -2.19. The molecule has 0 aliphatic heterocycles. The number of benzene rings is 1. The van der Waals surface area contributed by atoms with Crippen LogP contribution in [0.25, 0.3) is 0 Å². The fourth-order valence-corrected chi connectivity index (χ4v) is 2.49. The third-order valence-electron chi connectivity index (χ3n) is 2.38. The zero-order valence-electron chi connectivity index (χ0n) is 8.99. The van der Waals surface area contributed by atoms with E-state index in [9.17, 15) is 4.39 Å². The summed E-state index contributed by atoms with van der Waals surface area (Å²) in [6, 6.07) is 8.57. The Balaban J connectivity index is 2.16. The van der Waals surface area contributed by atoms with E-state index in [-0.39, 0.29) is 11.1 Å². The highest BCUT2D eigenvalue weighted by molar-refractivity contribution is 7.10. The average molecular weight is 271 g/mol. The normalized spacial score (nSPS) is 12.4. The Hall–Kier alpha value is -1.10. The van der Waals surface area contributed by atoms with Crippen molar-refractivity contribution < 1.29 is 4.39 Å². The van der Waals surface area contributed by atoms with Crippen LogP contribution in [0.3, 0.4) is 0 Å². The maximum Gasteiger partial charge on any atom is 0.141 e. The average Bonchev–Trinajstić information content (AvgIpc) is 2.84. The Morgan fingerprint density at radius 3 is 2.82 bits per heavy atom. The summed E-state index contributed by atoms with van der Waals surface area (Å²) in [6.07, 6.45) is 0. The number of hydrogen-bond donors (Lipinski definition) is 2. The fourth-order valence-electron chi connectivity index (χ4n) is 1.52. The summed E-state index contributed by atoms with van der Waals surface area (Å²) in [5.41, 5.74) is 6.48. The molecule has 1 unspecified atom stereocenters. The van der Waals surface area contributed by atoms with E-state index in [0.29, 0.717) is 6.54 Å². The summed E-state index contributed by atoms with van der Waals surface area (Å²) in [7, 11) is 0. The van der Waals surface area contributed by atoms with Crippen LogP contribution in [-0.4, -0.2) is 6.54 Å². The predicted octanol–water partition coefficient (Wildman–Crippen LogP) is 3.65. The van der Waals surface area contributed by atoms with Crippen molar-refractivity contribution in [2.75, 3.05) is 11.9 Å². The summed E-state index contributed by atoms with van der Waals surface area (Å²) in [5, 5.41) is 5.34. The number of halogens is 2. The first-order valence-corrected chi connectivity index (χ1v) is 6.41. The van der Waals surface area contributed by atoms with Crippen molar-refractivity contribution >= 4 is 28.6 Å². The topological polar surface area (TPSA) is 38.0 Å². The van der Waals surface area contributed by atoms with E-state index >= 15 is 0 Å². The third kappa shape index (κ3) is 2.97. The van der Waals surface area contributed by atoms with Gasteiger partial charge >= 0.3 is 0 Å². The highest BCUT2D eigenvalue weighted by Crippen LogP contribution is 2.25. The van der Waals surface area contributed by atoms with Crippen molar-refractivity contribution in [1.82, 2.24) is 0 Å². The van der Waals surface area contributed by atoms with Gasteiger partial charge in [0, 0.05) is 17.1 Å². The Kier molecular flexibility index (Phi) is 3.99. The molecule has 0 saturated carbocycles. The minimum Gasteiger partial charge on any atom is -0.376 e. The van der Waals surface area contributed by atoms with E-state index in [1.165, 1.54) is 6.07 Å². The fraction of sp³-hybridized carbons (Fsp3) is 0.167. The number of anilines is 1. The summed E-state index contributed by atoms with van der Waals surface area (Å²) < 4.78 is 13.0. The molecule has 1 atom stereocenters. The lowest BCUT2D eigenvalue weighted by atomic mass is 10.2. The lowest BCUT2D eigenvalue weighted by Gasteiger charge is -2.16. The number of thiophene rings is 1. The molecule has 0 fully saturated rings. The van der Waals surface area contributed by atoms with Crippen LogP contribution in [0.2, 0.25) is 5.02 Å². The number of rotatable bonds is 4. The highest BCUT2D eigenvalue weighted by atomic mass is 35.5. The first kappa shape index (κ1) is 12.4. The highest BCUT2D eigenvalue weighted by Gasteiger charge is 2.11. The molecular formula is C12H12ClFN2S. The standard InChI is InChI=1S/C12H12ClFN2S/c13-9-6-8(3-4-10(9)14)16-11(7-15)12-2-1-5-17-12/h1-6,11,16H,7,15H2. The van der Waals surface area contributed by atoms with Crippen LogP contribution < -0.4 is 11.1 Å². The van der Waals surface area contributed by atoms with E-state index in [4.69, 9.17) is 17.3 Å². The molecule has 17 heavy (non-hydrogen) atoms. The molecule has 0 radical (unpaired) electrons. The van der Waals surface area contributed by atoms with Crippen LogP contribution in [0.4, 0.5) is 10.1 Å². The van der Waals surface area contributed by atoms with Gasteiger partial charge in [0.15, 0.2) is 0 Å². The van der Waals surface area contributed by atoms with E-state index in [1.807, 2.05) is 17.5 Å². The largest absolute Gasteiger partial charge is 0.376 e. The second-order valence-corrected chi connectivity index (χ2v) is 4.96. The van der Waals surface area contributed by atoms with Crippen LogP contribution in [0.15, 0.2) is 35.7 Å². The number of nitrogens with one attached hydrogen (secondary N) is 1. The molecule has 1 heterocycles. The lowest BCUT2D eigenvalue weighted by molar-refractivity contribution is 0.628. The van der Waals surface area contributed by atoms with Crippen molar-refractivity contribution in [2.24, 2.45) is 5.73 Å². The molecule has 0 saturated heterocycles. The minimum atomic E-state index is -0.419. The zero-order chi connectivity index (χ0) is 12.3. The van der Waals surface area contributed by atoms with Gasteiger partial charge in [-0.05, 0) is 29.6 Å². The zero-order valence-corrected chi connectivity index (χ0v) is 10.6. The molecule has 1 aromatic carbocycles. The Labute approximate surface area is 108 Å². The Bertz CT molecular complexity index is 487. The Morgan fingerprint density at radius 1 is 1.41 bits per heavy atom. The van der Waals surface area contributed by atoms with E-state index in [2.05, 4.69) is 5.32 Å². The monoisotopic (exact) mass is 270 g/mol. The molecule has 0 bridgehead atoms. The van der Waals surface area contributed by atoms with Crippen molar-refractivity contribution in [2.45, 2.75) is 6.04 Å². The van der Waals surface area contributed by atoms with Gasteiger partial charge < -0.3 is 11.1 Å². The van der Waals surface area contributed by atoms with Gasteiger partial charge in [-0.15, -0.1) is 11.3 Å². The van der Waals surface area contributed by atoms with E-state index in [0.717, 1.165) is 10.6 Å². The maximum absolute atomic E-state index is 13.0. The quantitative estimate of drug-likeness (QED) is 0.890. The van der Waals surface area contributed by atoms with Gasteiger partial charge in [-0.25, -0.2) is 4.39 Å². The first-order chi connectivity index (χ1) is 8.20. The summed E-state index contributed by atoms with van der Waals surface area (Å²) in [4.78, 5) is 1.15.